The van der Waals surface area contributed by atoms with Gasteiger partial charge in [-0.05, 0) is 24.6 Å². The average Bonchev–Trinajstić information content (AvgIpc) is 3.00. The van der Waals surface area contributed by atoms with Crippen molar-refractivity contribution in [2.75, 3.05) is 20.3 Å². The second-order valence-corrected chi connectivity index (χ2v) is 6.53. The first-order valence-electron chi connectivity index (χ1n) is 9.25. The number of amides is 1. The number of ether oxygens (including phenoxy) is 2. The van der Waals surface area contributed by atoms with E-state index in [1.807, 2.05) is 0 Å². The third kappa shape index (κ3) is 3.84. The minimum atomic E-state index is -1.07. The Labute approximate surface area is 173 Å². The van der Waals surface area contributed by atoms with Gasteiger partial charge in [0.05, 0.1) is 25.3 Å². The summed E-state index contributed by atoms with van der Waals surface area (Å²) in [7, 11) is 1.17. The number of Topliss-reactive ketones (excluding diaryl/α,β-unsaturated/α-hetero) is 1. The molecule has 1 unspecified atom stereocenters. The van der Waals surface area contributed by atoms with Gasteiger partial charge in [-0.3, -0.25) is 14.4 Å². The lowest BCUT2D eigenvalue weighted by Crippen LogP contribution is -2.35. The number of carbonyl (C=O) groups excluding carboxylic acids is 3. The molecule has 0 aliphatic carbocycles. The summed E-state index contributed by atoms with van der Waals surface area (Å²) < 4.78 is 10.1. The van der Waals surface area contributed by atoms with Gasteiger partial charge in [-0.1, -0.05) is 36.4 Å². The Morgan fingerprint density at radius 2 is 1.83 bits per heavy atom. The molecule has 30 heavy (non-hydrogen) atoms. The first-order valence-corrected chi connectivity index (χ1v) is 9.25. The van der Waals surface area contributed by atoms with E-state index in [0.29, 0.717) is 11.1 Å². The fourth-order valence-corrected chi connectivity index (χ4v) is 3.32. The van der Waals surface area contributed by atoms with Gasteiger partial charge in [-0.25, -0.2) is 0 Å². The normalized spacial score (nSPS) is 17.8. The highest BCUT2D eigenvalue weighted by Gasteiger charge is 2.47. The minimum Gasteiger partial charge on any atom is -0.507 e. The number of ketones is 1. The van der Waals surface area contributed by atoms with Gasteiger partial charge < -0.3 is 24.6 Å². The van der Waals surface area contributed by atoms with E-state index in [0.717, 1.165) is 4.90 Å². The molecule has 1 atom stereocenters. The van der Waals surface area contributed by atoms with Crippen molar-refractivity contribution in [1.82, 2.24) is 4.90 Å². The molecule has 1 amide bonds. The zero-order valence-corrected chi connectivity index (χ0v) is 16.5. The molecule has 1 saturated heterocycles. The Balaban J connectivity index is 2.20. The van der Waals surface area contributed by atoms with E-state index in [-0.39, 0.29) is 29.4 Å². The van der Waals surface area contributed by atoms with Gasteiger partial charge >= 0.3 is 5.97 Å². The lowest BCUT2D eigenvalue weighted by atomic mass is 9.95. The Morgan fingerprint density at radius 3 is 2.47 bits per heavy atom. The van der Waals surface area contributed by atoms with Crippen LogP contribution in [0.3, 0.4) is 0 Å². The molecule has 0 bridgehead atoms. The van der Waals surface area contributed by atoms with Crippen molar-refractivity contribution in [3.63, 3.8) is 0 Å². The van der Waals surface area contributed by atoms with Crippen molar-refractivity contribution >= 4 is 23.4 Å². The van der Waals surface area contributed by atoms with E-state index in [4.69, 9.17) is 4.74 Å². The minimum absolute atomic E-state index is 0.117. The van der Waals surface area contributed by atoms with Crippen LogP contribution in [0.25, 0.3) is 5.76 Å². The van der Waals surface area contributed by atoms with Gasteiger partial charge in [0.2, 0.25) is 0 Å². The van der Waals surface area contributed by atoms with Crippen LogP contribution in [0.15, 0.2) is 54.1 Å². The molecule has 0 spiro atoms. The third-order valence-electron chi connectivity index (χ3n) is 4.71. The number of hydrogen-bond donors (Lipinski definition) is 2. The number of carbonyl (C=O) groups is 3. The van der Waals surface area contributed by atoms with Crippen molar-refractivity contribution in [2.24, 2.45) is 0 Å². The highest BCUT2D eigenvalue weighted by Crippen LogP contribution is 2.41. The summed E-state index contributed by atoms with van der Waals surface area (Å²) in [6.45, 7) is 1.54. The zero-order chi connectivity index (χ0) is 21.8. The maximum atomic E-state index is 12.8. The average molecular weight is 411 g/mol. The fraction of sp³-hybridized carbons (Fsp3) is 0.227. The molecule has 1 fully saturated rings. The Morgan fingerprint density at radius 1 is 1.13 bits per heavy atom. The number of hydrogen-bond acceptors (Lipinski definition) is 7. The molecule has 8 nitrogen and oxygen atoms in total. The number of nitrogens with zero attached hydrogens (tertiary/aromatic N) is 1. The van der Waals surface area contributed by atoms with E-state index in [1.165, 1.54) is 25.3 Å². The molecule has 1 aliphatic heterocycles. The number of phenols is 1. The number of esters is 1. The van der Waals surface area contributed by atoms with E-state index < -0.39 is 30.2 Å². The molecule has 2 aromatic carbocycles. The molecule has 0 aromatic heterocycles. The molecule has 3 rings (SSSR count). The van der Waals surface area contributed by atoms with E-state index in [2.05, 4.69) is 4.74 Å². The van der Waals surface area contributed by atoms with Gasteiger partial charge in [-0.15, -0.1) is 0 Å². The molecule has 8 heteroatoms. The molecule has 1 aliphatic rings. The molecule has 0 radical (unpaired) electrons. The number of aromatic hydroxyl groups is 1. The molecular formula is C22H21NO7. The van der Waals surface area contributed by atoms with Crippen LogP contribution in [0, 0.1) is 0 Å². The smallest absolute Gasteiger partial charge is 0.325 e. The largest absolute Gasteiger partial charge is 0.507 e. The van der Waals surface area contributed by atoms with Crippen LogP contribution in [-0.4, -0.2) is 53.0 Å². The number of likely N-dealkylation sites (tertiary alicyclic amines) is 1. The van der Waals surface area contributed by atoms with Crippen LogP contribution >= 0.6 is 0 Å². The van der Waals surface area contributed by atoms with Crippen LogP contribution in [0.1, 0.15) is 24.1 Å². The van der Waals surface area contributed by atoms with Gasteiger partial charge in [0.25, 0.3) is 11.7 Å². The Bertz CT molecular complexity index is 1010. The number of benzene rings is 2. The van der Waals surface area contributed by atoms with Crippen molar-refractivity contribution < 1.29 is 34.1 Å². The third-order valence-corrected chi connectivity index (χ3v) is 4.71. The summed E-state index contributed by atoms with van der Waals surface area (Å²) in [6.07, 6.45) is 0. The summed E-state index contributed by atoms with van der Waals surface area (Å²) >= 11 is 0. The van der Waals surface area contributed by atoms with Gasteiger partial charge in [0, 0.05) is 5.56 Å². The van der Waals surface area contributed by atoms with Crippen LogP contribution in [-0.2, 0) is 19.1 Å². The summed E-state index contributed by atoms with van der Waals surface area (Å²) in [5.74, 6) is -2.90. The SMILES string of the molecule is CCOc1cc(C2/C(=C(/O)c3ccccc3)C(=O)C(=O)N2CC(=O)OC)ccc1O. The van der Waals surface area contributed by atoms with E-state index in [9.17, 15) is 24.6 Å². The van der Waals surface area contributed by atoms with Crippen molar-refractivity contribution in [1.29, 1.82) is 0 Å². The topological polar surface area (TPSA) is 113 Å². The lowest BCUT2D eigenvalue weighted by Gasteiger charge is -2.24. The maximum Gasteiger partial charge on any atom is 0.325 e. The zero-order valence-electron chi connectivity index (χ0n) is 16.5. The molecule has 156 valence electrons. The number of rotatable bonds is 6. The van der Waals surface area contributed by atoms with Crippen LogP contribution in [0.2, 0.25) is 0 Å². The number of aliphatic hydroxyl groups excluding tert-OH is 1. The molecule has 2 aromatic rings. The monoisotopic (exact) mass is 411 g/mol. The van der Waals surface area contributed by atoms with E-state index in [1.54, 1.807) is 37.3 Å². The first kappa shape index (κ1) is 20.9. The molecular weight excluding hydrogens is 390 g/mol. The summed E-state index contributed by atoms with van der Waals surface area (Å²) in [4.78, 5) is 38.5. The Hall–Kier alpha value is -3.81. The van der Waals surface area contributed by atoms with Gasteiger partial charge in [0.15, 0.2) is 11.5 Å². The number of aliphatic hydroxyl groups is 1. The highest BCUT2D eigenvalue weighted by atomic mass is 16.5. The van der Waals surface area contributed by atoms with Crippen molar-refractivity contribution in [3.05, 3.63) is 65.2 Å². The molecule has 0 saturated carbocycles. The first-order chi connectivity index (χ1) is 14.4. The maximum absolute atomic E-state index is 12.8. The molecule has 2 N–H and O–H groups in total. The second kappa shape index (κ2) is 8.69. The Kier molecular flexibility index (Phi) is 6.06. The number of methoxy groups -OCH3 is 1. The highest BCUT2D eigenvalue weighted by molar-refractivity contribution is 6.46. The van der Waals surface area contributed by atoms with Crippen LogP contribution in [0.5, 0.6) is 11.5 Å². The lowest BCUT2D eigenvalue weighted by molar-refractivity contribution is -0.148. The van der Waals surface area contributed by atoms with Crippen molar-refractivity contribution in [3.8, 4) is 11.5 Å². The standard InChI is InChI=1S/C22H21NO7/c1-3-30-16-11-14(9-10-15(16)24)19-18(20(26)13-7-5-4-6-8-13)21(27)22(28)23(19)12-17(25)29-2/h4-11,19,24,26H,3,12H2,1-2H3/b20-18-. The summed E-state index contributed by atoms with van der Waals surface area (Å²) in [5.41, 5.74) is 0.572. The second-order valence-electron chi connectivity index (χ2n) is 6.53. The predicted molar refractivity (Wildman–Crippen MR) is 107 cm³/mol. The van der Waals surface area contributed by atoms with Crippen LogP contribution < -0.4 is 4.74 Å². The van der Waals surface area contributed by atoms with E-state index >= 15 is 0 Å². The quantitative estimate of drug-likeness (QED) is 0.325. The summed E-state index contributed by atoms with van der Waals surface area (Å²) in [5, 5.41) is 20.9. The van der Waals surface area contributed by atoms with Gasteiger partial charge in [-0.2, -0.15) is 0 Å². The van der Waals surface area contributed by atoms with Crippen molar-refractivity contribution in [2.45, 2.75) is 13.0 Å². The van der Waals surface area contributed by atoms with Gasteiger partial charge in [0.1, 0.15) is 12.3 Å². The number of phenolic OH excluding ortho intramolecular Hbond substituents is 1. The predicted octanol–water partition coefficient (Wildman–Crippen LogP) is 2.39. The molecule has 1 heterocycles. The van der Waals surface area contributed by atoms with Crippen LogP contribution in [0.4, 0.5) is 0 Å². The fourth-order valence-electron chi connectivity index (χ4n) is 3.32. The summed E-state index contributed by atoms with van der Waals surface area (Å²) in [6, 6.07) is 11.6.